The van der Waals surface area contributed by atoms with Crippen LogP contribution >= 0.6 is 11.6 Å². The van der Waals surface area contributed by atoms with Gasteiger partial charge in [-0.05, 0) is 47.0 Å². The van der Waals surface area contributed by atoms with Gasteiger partial charge in [-0.25, -0.2) is 0 Å². The molecule has 1 amide bonds. The van der Waals surface area contributed by atoms with Gasteiger partial charge in [0.1, 0.15) is 0 Å². The summed E-state index contributed by atoms with van der Waals surface area (Å²) < 4.78 is 5.56. The minimum atomic E-state index is -0.456. The second-order valence-electron chi connectivity index (χ2n) is 8.61. The minimum absolute atomic E-state index is 0.0984. The van der Waals surface area contributed by atoms with Gasteiger partial charge < -0.3 is 15.5 Å². The lowest BCUT2D eigenvalue weighted by Gasteiger charge is -2.36. The second-order valence-corrected chi connectivity index (χ2v) is 9.05. The van der Waals surface area contributed by atoms with Crippen LogP contribution in [0.3, 0.4) is 0 Å². The number of ether oxygens (including phenoxy) is 1. The summed E-state index contributed by atoms with van der Waals surface area (Å²) in [6, 6.07) is 15.8. The summed E-state index contributed by atoms with van der Waals surface area (Å²) in [6.07, 6.45) is 6.64. The molecule has 34 heavy (non-hydrogen) atoms. The molecule has 0 radical (unpaired) electrons. The number of carbonyl (C=O) groups excluding carboxylic acids is 1. The number of nitrogens with two attached hydrogens (primary N) is 1. The molecule has 0 spiro atoms. The van der Waals surface area contributed by atoms with E-state index in [4.69, 9.17) is 22.2 Å². The second kappa shape index (κ2) is 10.1. The third-order valence-electron chi connectivity index (χ3n) is 6.58. The molecule has 2 saturated heterocycles. The Morgan fingerprint density at radius 3 is 2.56 bits per heavy atom. The van der Waals surface area contributed by atoms with Crippen molar-refractivity contribution in [3.63, 3.8) is 0 Å². The first-order valence-electron chi connectivity index (χ1n) is 11.4. The number of fused-ring (bicyclic) bond motifs is 1. The van der Waals surface area contributed by atoms with Crippen LogP contribution in [0, 0.1) is 0 Å². The molecule has 2 fully saturated rings. The maximum Gasteiger partial charge on any atom is 0.297 e. The minimum Gasteiger partial charge on any atom is -0.379 e. The van der Waals surface area contributed by atoms with Gasteiger partial charge in [0.05, 0.1) is 31.5 Å². The number of nitrogens with zero attached hydrogens (tertiary/aromatic N) is 4. The molecule has 176 valence electrons. The number of amides is 1. The smallest absolute Gasteiger partial charge is 0.297 e. The molecule has 3 aliphatic rings. The van der Waals surface area contributed by atoms with Crippen molar-refractivity contribution in [2.24, 2.45) is 16.2 Å². The normalized spacial score (nSPS) is 24.9. The lowest BCUT2D eigenvalue weighted by molar-refractivity contribution is 0.0278. The van der Waals surface area contributed by atoms with Crippen molar-refractivity contribution < 1.29 is 9.53 Å². The fourth-order valence-corrected chi connectivity index (χ4v) is 4.94. The number of rotatable bonds is 5. The number of allylic oxidation sites excluding steroid dienone is 2. The summed E-state index contributed by atoms with van der Waals surface area (Å²) in [5.41, 5.74) is 3.78. The molecule has 0 bridgehead atoms. The van der Waals surface area contributed by atoms with Crippen LogP contribution in [0.4, 0.5) is 0 Å². The van der Waals surface area contributed by atoms with Crippen molar-refractivity contribution in [1.29, 1.82) is 0 Å². The summed E-state index contributed by atoms with van der Waals surface area (Å²) >= 11 is 6.16. The highest BCUT2D eigenvalue weighted by molar-refractivity contribution is 6.30. The van der Waals surface area contributed by atoms with Gasteiger partial charge in [-0.1, -0.05) is 52.3 Å². The van der Waals surface area contributed by atoms with E-state index in [9.17, 15) is 4.79 Å². The van der Waals surface area contributed by atoms with Crippen molar-refractivity contribution in [3.8, 4) is 0 Å². The van der Waals surface area contributed by atoms with Crippen LogP contribution in [0.1, 0.15) is 27.5 Å². The lowest BCUT2D eigenvalue weighted by Crippen LogP contribution is -2.46. The summed E-state index contributed by atoms with van der Waals surface area (Å²) in [5, 5.41) is 11.0. The van der Waals surface area contributed by atoms with E-state index in [2.05, 4.69) is 55.9 Å². The van der Waals surface area contributed by atoms with Crippen molar-refractivity contribution in [3.05, 3.63) is 88.6 Å². The zero-order valence-electron chi connectivity index (χ0n) is 18.7. The standard InChI is InChI=1S/C25H27ClN6O2/c26-21-8-5-18(6-9-21)24-22(16-31-11-13-34-14-12-31)32-15-20(7-10-23(32)28-24)17-1-3-19(4-2-17)25(33)29-30-27/h1-10,15,22-24,28H,11-14,16H2,(H2,27,29,33). The van der Waals surface area contributed by atoms with Crippen LogP contribution in [-0.2, 0) is 4.74 Å². The molecule has 3 unspecified atom stereocenters. The summed E-state index contributed by atoms with van der Waals surface area (Å²) in [7, 11) is 0. The molecule has 3 N–H and O–H groups in total. The Bertz CT molecular complexity index is 1110. The molecule has 3 aliphatic heterocycles. The van der Waals surface area contributed by atoms with E-state index >= 15 is 0 Å². The van der Waals surface area contributed by atoms with Crippen LogP contribution < -0.4 is 11.2 Å². The predicted octanol–water partition coefficient (Wildman–Crippen LogP) is 3.39. The highest BCUT2D eigenvalue weighted by Gasteiger charge is 2.41. The third-order valence-corrected chi connectivity index (χ3v) is 6.83. The molecule has 0 saturated carbocycles. The molecule has 3 heterocycles. The first-order valence-corrected chi connectivity index (χ1v) is 11.7. The van der Waals surface area contributed by atoms with Crippen LogP contribution in [-0.4, -0.2) is 60.8 Å². The average molecular weight is 479 g/mol. The molecule has 9 heteroatoms. The highest BCUT2D eigenvalue weighted by Crippen LogP contribution is 2.35. The van der Waals surface area contributed by atoms with Gasteiger partial charge in [-0.2, -0.15) is 0 Å². The van der Waals surface area contributed by atoms with E-state index in [-0.39, 0.29) is 18.2 Å². The Balaban J connectivity index is 1.42. The van der Waals surface area contributed by atoms with Crippen molar-refractivity contribution in [1.82, 2.24) is 15.1 Å². The largest absolute Gasteiger partial charge is 0.379 e. The molecule has 8 nitrogen and oxygen atoms in total. The number of hydrogen-bond acceptors (Lipinski definition) is 6. The van der Waals surface area contributed by atoms with Gasteiger partial charge in [-0.3, -0.25) is 15.0 Å². The molecular weight excluding hydrogens is 452 g/mol. The van der Waals surface area contributed by atoms with E-state index in [1.54, 1.807) is 12.1 Å². The summed E-state index contributed by atoms with van der Waals surface area (Å²) in [5.74, 6) is 4.54. The number of nitrogens with one attached hydrogen (secondary N) is 1. The fourth-order valence-electron chi connectivity index (χ4n) is 4.81. The van der Waals surface area contributed by atoms with Gasteiger partial charge in [0, 0.05) is 36.4 Å². The third kappa shape index (κ3) is 4.76. The quantitative estimate of drug-likeness (QED) is 0.388. The Kier molecular flexibility index (Phi) is 6.73. The average Bonchev–Trinajstić information content (AvgIpc) is 3.23. The van der Waals surface area contributed by atoms with Crippen molar-refractivity contribution >= 4 is 23.1 Å². The summed E-state index contributed by atoms with van der Waals surface area (Å²) in [6.45, 7) is 4.33. The van der Waals surface area contributed by atoms with Crippen molar-refractivity contribution in [2.75, 3.05) is 32.8 Å². The Labute approximate surface area is 203 Å². The van der Waals surface area contributed by atoms with Crippen LogP contribution in [0.5, 0.6) is 0 Å². The van der Waals surface area contributed by atoms with Gasteiger partial charge in [0.25, 0.3) is 5.91 Å². The number of halogens is 1. The van der Waals surface area contributed by atoms with E-state index in [0.29, 0.717) is 5.56 Å². The molecule has 0 aromatic heterocycles. The van der Waals surface area contributed by atoms with Gasteiger partial charge in [-0.15, -0.1) is 0 Å². The highest BCUT2D eigenvalue weighted by atomic mass is 35.5. The maximum absolute atomic E-state index is 11.9. The topological polar surface area (TPSA) is 95.5 Å². The van der Waals surface area contributed by atoms with Gasteiger partial charge in [0.2, 0.25) is 0 Å². The number of hydrogen-bond donors (Lipinski definition) is 2. The number of benzene rings is 2. The Morgan fingerprint density at radius 1 is 1.12 bits per heavy atom. The predicted molar refractivity (Wildman–Crippen MR) is 131 cm³/mol. The summed E-state index contributed by atoms with van der Waals surface area (Å²) in [4.78, 5) is 16.8. The first-order chi connectivity index (χ1) is 16.6. The molecular formula is C25H27ClN6O2. The molecule has 2 aromatic carbocycles. The first kappa shape index (κ1) is 22.7. The van der Waals surface area contributed by atoms with E-state index in [1.807, 2.05) is 24.3 Å². The molecule has 0 aliphatic carbocycles. The maximum atomic E-state index is 11.9. The lowest BCUT2D eigenvalue weighted by atomic mass is 9.98. The Hall–Kier alpha value is -3.04. The zero-order chi connectivity index (χ0) is 23.5. The zero-order valence-corrected chi connectivity index (χ0v) is 19.4. The van der Waals surface area contributed by atoms with E-state index in [1.165, 1.54) is 5.56 Å². The Morgan fingerprint density at radius 2 is 1.85 bits per heavy atom. The van der Waals surface area contributed by atoms with Crippen LogP contribution in [0.25, 0.3) is 5.57 Å². The number of carbonyl (C=O) groups is 1. The number of morpholine rings is 1. The van der Waals surface area contributed by atoms with Crippen LogP contribution in [0.2, 0.25) is 5.02 Å². The SMILES string of the molecule is NN=NC(=O)c1ccc(C2=CN3C(C=C2)NC(c2ccc(Cl)cc2)C3CN2CCOCC2)cc1. The van der Waals surface area contributed by atoms with E-state index in [0.717, 1.165) is 49.0 Å². The van der Waals surface area contributed by atoms with E-state index < -0.39 is 5.91 Å². The molecule has 2 aromatic rings. The van der Waals surface area contributed by atoms with Crippen LogP contribution in [0.15, 0.2) is 77.2 Å². The molecule has 3 atom stereocenters. The monoisotopic (exact) mass is 478 g/mol. The van der Waals surface area contributed by atoms with Gasteiger partial charge in [0.15, 0.2) is 0 Å². The fraction of sp³-hybridized carbons (Fsp3) is 0.320. The van der Waals surface area contributed by atoms with Gasteiger partial charge >= 0.3 is 0 Å². The molecule has 5 rings (SSSR count). The van der Waals surface area contributed by atoms with Crippen molar-refractivity contribution in [2.45, 2.75) is 18.2 Å².